The molecule has 2 aliphatic rings. The number of piperazine rings is 1. The molecule has 18 heavy (non-hydrogen) atoms. The lowest BCUT2D eigenvalue weighted by Crippen LogP contribution is -2.57. The van der Waals surface area contributed by atoms with Gasteiger partial charge < -0.3 is 5.32 Å². The first-order valence-electron chi connectivity index (χ1n) is 6.82. The van der Waals surface area contributed by atoms with Crippen LogP contribution in [0.5, 0.6) is 0 Å². The maximum absolute atomic E-state index is 11.4. The van der Waals surface area contributed by atoms with Crippen LogP contribution in [0.3, 0.4) is 0 Å². The van der Waals surface area contributed by atoms with Crippen LogP contribution in [-0.2, 0) is 10.0 Å². The lowest BCUT2D eigenvalue weighted by molar-refractivity contribution is 0.127. The van der Waals surface area contributed by atoms with Gasteiger partial charge in [0.15, 0.2) is 0 Å². The van der Waals surface area contributed by atoms with Crippen molar-refractivity contribution in [2.75, 3.05) is 45.5 Å². The van der Waals surface area contributed by atoms with Crippen molar-refractivity contribution in [1.82, 2.24) is 14.5 Å². The Labute approximate surface area is 111 Å². The third kappa shape index (κ3) is 3.66. The summed E-state index contributed by atoms with van der Waals surface area (Å²) in [5.41, 5.74) is 0.214. The van der Waals surface area contributed by atoms with Gasteiger partial charge >= 0.3 is 0 Å². The third-order valence-corrected chi connectivity index (χ3v) is 5.38. The zero-order valence-corrected chi connectivity index (χ0v) is 12.3. The second-order valence-corrected chi connectivity index (χ2v) is 7.87. The monoisotopic (exact) mass is 275 g/mol. The lowest BCUT2D eigenvalue weighted by atomic mass is 9.90. The minimum Gasteiger partial charge on any atom is -0.310 e. The highest BCUT2D eigenvalue weighted by Crippen LogP contribution is 2.20. The number of nitrogens with one attached hydrogen (secondary N) is 1. The highest BCUT2D eigenvalue weighted by Gasteiger charge is 2.31. The van der Waals surface area contributed by atoms with Gasteiger partial charge in [0, 0.05) is 38.3 Å². The van der Waals surface area contributed by atoms with E-state index in [1.807, 2.05) is 0 Å². The van der Waals surface area contributed by atoms with Crippen LogP contribution in [-0.4, -0.2) is 68.7 Å². The Bertz CT molecular complexity index is 369. The summed E-state index contributed by atoms with van der Waals surface area (Å²) < 4.78 is 24.5. The molecule has 106 valence electrons. The van der Waals surface area contributed by atoms with Gasteiger partial charge in [-0.2, -0.15) is 4.31 Å². The largest absolute Gasteiger partial charge is 0.310 e. The van der Waals surface area contributed by atoms with Gasteiger partial charge in [0.1, 0.15) is 0 Å². The van der Waals surface area contributed by atoms with Crippen LogP contribution in [0.4, 0.5) is 0 Å². The normalized spacial score (nSPS) is 32.6. The summed E-state index contributed by atoms with van der Waals surface area (Å²) in [6.07, 6.45) is 5.09. The second-order valence-electron chi connectivity index (χ2n) is 5.88. The zero-order valence-electron chi connectivity index (χ0n) is 11.5. The first-order chi connectivity index (χ1) is 8.39. The van der Waals surface area contributed by atoms with Gasteiger partial charge in [-0.25, -0.2) is 8.42 Å². The minimum atomic E-state index is -3.01. The number of hydrogen-bond acceptors (Lipinski definition) is 4. The topological polar surface area (TPSA) is 52.7 Å². The van der Waals surface area contributed by atoms with Crippen molar-refractivity contribution in [2.24, 2.45) is 0 Å². The van der Waals surface area contributed by atoms with Crippen molar-refractivity contribution >= 4 is 10.0 Å². The molecule has 6 heteroatoms. The van der Waals surface area contributed by atoms with Crippen LogP contribution in [0.1, 0.15) is 26.2 Å². The summed E-state index contributed by atoms with van der Waals surface area (Å²) in [7, 11) is -3.01. The molecule has 0 aromatic carbocycles. The highest BCUT2D eigenvalue weighted by atomic mass is 32.2. The van der Waals surface area contributed by atoms with Crippen LogP contribution in [0.2, 0.25) is 0 Å². The van der Waals surface area contributed by atoms with Gasteiger partial charge in [-0.1, -0.05) is 6.42 Å². The van der Waals surface area contributed by atoms with Crippen LogP contribution in [0, 0.1) is 0 Å². The Morgan fingerprint density at radius 3 is 2.33 bits per heavy atom. The van der Waals surface area contributed by atoms with E-state index in [2.05, 4.69) is 17.1 Å². The standard InChI is InChI=1S/C12H25N3O2S/c1-12(5-3-4-6-13-12)11-14-7-9-15(10-8-14)18(2,16)17/h13H,3-11H2,1-2H3. The fraction of sp³-hybridized carbons (Fsp3) is 1.00. The van der Waals surface area contributed by atoms with E-state index in [1.54, 1.807) is 4.31 Å². The Balaban J connectivity index is 1.83. The molecule has 5 nitrogen and oxygen atoms in total. The first-order valence-corrected chi connectivity index (χ1v) is 8.66. The van der Waals surface area contributed by atoms with Crippen LogP contribution >= 0.6 is 0 Å². The predicted octanol–water partition coefficient (Wildman–Crippen LogP) is 0.0958. The molecule has 2 saturated heterocycles. The average molecular weight is 275 g/mol. The van der Waals surface area contributed by atoms with Crippen molar-refractivity contribution in [1.29, 1.82) is 0 Å². The van der Waals surface area contributed by atoms with Gasteiger partial charge in [-0.3, -0.25) is 4.90 Å². The van der Waals surface area contributed by atoms with Gasteiger partial charge in [0.25, 0.3) is 0 Å². The van der Waals surface area contributed by atoms with Crippen LogP contribution in [0.15, 0.2) is 0 Å². The molecule has 0 amide bonds. The van der Waals surface area contributed by atoms with E-state index in [0.29, 0.717) is 13.1 Å². The molecule has 0 bridgehead atoms. The fourth-order valence-electron chi connectivity index (χ4n) is 2.97. The van der Waals surface area contributed by atoms with E-state index < -0.39 is 10.0 Å². The molecule has 1 unspecified atom stereocenters. The van der Waals surface area contributed by atoms with E-state index in [0.717, 1.165) is 26.2 Å². The first kappa shape index (κ1) is 14.2. The van der Waals surface area contributed by atoms with Crippen molar-refractivity contribution < 1.29 is 8.42 Å². The second kappa shape index (κ2) is 5.45. The lowest BCUT2D eigenvalue weighted by Gasteiger charge is -2.42. The molecule has 2 heterocycles. The van der Waals surface area contributed by atoms with E-state index in [-0.39, 0.29) is 5.54 Å². The van der Waals surface area contributed by atoms with Gasteiger partial charge in [0.05, 0.1) is 6.26 Å². The Morgan fingerprint density at radius 1 is 1.17 bits per heavy atom. The maximum Gasteiger partial charge on any atom is 0.211 e. The van der Waals surface area contributed by atoms with Crippen molar-refractivity contribution in [3.8, 4) is 0 Å². The van der Waals surface area contributed by atoms with E-state index >= 15 is 0 Å². The molecule has 0 radical (unpaired) electrons. The van der Waals surface area contributed by atoms with E-state index in [4.69, 9.17) is 0 Å². The van der Waals surface area contributed by atoms with Gasteiger partial charge in [-0.05, 0) is 26.3 Å². The zero-order chi connectivity index (χ0) is 13.2. The van der Waals surface area contributed by atoms with Crippen molar-refractivity contribution in [3.05, 3.63) is 0 Å². The SMILES string of the molecule is CC1(CN2CCN(S(C)(=O)=O)CC2)CCCCN1. The Hall–Kier alpha value is -0.170. The Kier molecular flexibility index (Phi) is 4.31. The predicted molar refractivity (Wildman–Crippen MR) is 73.1 cm³/mol. The van der Waals surface area contributed by atoms with E-state index in [9.17, 15) is 8.42 Å². The molecular formula is C12H25N3O2S. The Morgan fingerprint density at radius 2 is 1.83 bits per heavy atom. The summed E-state index contributed by atoms with van der Waals surface area (Å²) in [6.45, 7) is 7.40. The number of rotatable bonds is 3. The summed E-state index contributed by atoms with van der Waals surface area (Å²) in [6, 6.07) is 0. The quantitative estimate of drug-likeness (QED) is 0.793. The number of piperidine rings is 1. The summed E-state index contributed by atoms with van der Waals surface area (Å²) in [5.74, 6) is 0. The number of nitrogens with zero attached hydrogens (tertiary/aromatic N) is 2. The highest BCUT2D eigenvalue weighted by molar-refractivity contribution is 7.88. The van der Waals surface area contributed by atoms with Crippen molar-refractivity contribution in [3.63, 3.8) is 0 Å². The molecule has 0 saturated carbocycles. The molecule has 0 spiro atoms. The summed E-state index contributed by atoms with van der Waals surface area (Å²) in [5, 5.41) is 3.61. The molecular weight excluding hydrogens is 250 g/mol. The van der Waals surface area contributed by atoms with Gasteiger partial charge in [-0.15, -0.1) is 0 Å². The van der Waals surface area contributed by atoms with Gasteiger partial charge in [0.2, 0.25) is 10.0 Å². The molecule has 0 aliphatic carbocycles. The van der Waals surface area contributed by atoms with Crippen molar-refractivity contribution in [2.45, 2.75) is 31.7 Å². The number of sulfonamides is 1. The van der Waals surface area contributed by atoms with Crippen LogP contribution < -0.4 is 5.32 Å². The molecule has 1 N–H and O–H groups in total. The summed E-state index contributed by atoms with van der Waals surface area (Å²) in [4.78, 5) is 2.39. The molecule has 2 rings (SSSR count). The minimum absolute atomic E-state index is 0.214. The molecule has 1 atom stereocenters. The third-order valence-electron chi connectivity index (χ3n) is 4.08. The maximum atomic E-state index is 11.4. The fourth-order valence-corrected chi connectivity index (χ4v) is 3.79. The molecule has 0 aromatic heterocycles. The van der Waals surface area contributed by atoms with E-state index in [1.165, 1.54) is 25.5 Å². The average Bonchev–Trinajstić information content (AvgIpc) is 2.29. The molecule has 2 aliphatic heterocycles. The molecule has 0 aromatic rings. The number of hydrogen-bond donors (Lipinski definition) is 1. The summed E-state index contributed by atoms with van der Waals surface area (Å²) >= 11 is 0. The van der Waals surface area contributed by atoms with Crippen LogP contribution in [0.25, 0.3) is 0 Å². The molecule has 2 fully saturated rings. The smallest absolute Gasteiger partial charge is 0.211 e.